The first-order chi connectivity index (χ1) is 13.9. The van der Waals surface area contributed by atoms with Crippen molar-refractivity contribution in [3.63, 3.8) is 0 Å². The number of thiazole rings is 1. The fraction of sp³-hybridized carbons (Fsp3) is 0.190. The smallest absolute Gasteiger partial charge is 0.231 e. The van der Waals surface area contributed by atoms with Crippen molar-refractivity contribution in [2.75, 3.05) is 5.32 Å². The number of hydrogen-bond acceptors (Lipinski definition) is 6. The lowest BCUT2D eigenvalue weighted by Gasteiger charge is -2.06. The molecule has 2 heterocycles. The standard InChI is InChI=1S/C21H18Cl2N4OS/c1-11(2)8-18-24-15-7-6-12(9-16(15)25-18)10-17-20(28)27-21(29-17)26-19-13(22)4-3-5-14(19)23/h3-7,9-11,28H,8H2,1-2H3,(H,26,27). The van der Waals surface area contributed by atoms with Crippen LogP contribution in [0.4, 0.5) is 16.5 Å². The number of para-hydroxylation sites is 1. The van der Waals surface area contributed by atoms with Crippen molar-refractivity contribution < 1.29 is 5.11 Å². The predicted molar refractivity (Wildman–Crippen MR) is 121 cm³/mol. The Morgan fingerprint density at radius 2 is 1.90 bits per heavy atom. The monoisotopic (exact) mass is 444 g/mol. The number of hydrogen-bond donors (Lipinski definition) is 2. The van der Waals surface area contributed by atoms with Gasteiger partial charge in [-0.15, -0.1) is 0 Å². The molecule has 0 spiro atoms. The van der Waals surface area contributed by atoms with Crippen molar-refractivity contribution in [3.8, 4) is 5.88 Å². The van der Waals surface area contributed by atoms with Gasteiger partial charge in [0.1, 0.15) is 5.84 Å². The molecule has 0 aliphatic carbocycles. The zero-order valence-electron chi connectivity index (χ0n) is 15.8. The van der Waals surface area contributed by atoms with E-state index in [4.69, 9.17) is 23.2 Å². The van der Waals surface area contributed by atoms with E-state index in [0.29, 0.717) is 31.7 Å². The highest BCUT2D eigenvalue weighted by molar-refractivity contribution is 7.16. The van der Waals surface area contributed by atoms with Crippen molar-refractivity contribution in [2.45, 2.75) is 20.3 Å². The van der Waals surface area contributed by atoms with Crippen molar-refractivity contribution >= 4 is 63.0 Å². The summed E-state index contributed by atoms with van der Waals surface area (Å²) >= 11 is 13.7. The Bertz CT molecular complexity index is 1210. The van der Waals surface area contributed by atoms with Gasteiger partial charge in [0.15, 0.2) is 5.13 Å². The van der Waals surface area contributed by atoms with Crippen LogP contribution in [0.2, 0.25) is 10.0 Å². The molecule has 8 heteroatoms. The molecule has 3 aromatic rings. The molecular weight excluding hydrogens is 427 g/mol. The second-order valence-electron chi connectivity index (χ2n) is 7.06. The van der Waals surface area contributed by atoms with Crippen LogP contribution in [0, 0.1) is 5.92 Å². The van der Waals surface area contributed by atoms with Gasteiger partial charge in [0.2, 0.25) is 5.88 Å². The number of nitrogens with one attached hydrogen (secondary N) is 1. The molecule has 0 fully saturated rings. The minimum absolute atomic E-state index is 0.0603. The molecule has 5 nitrogen and oxygen atoms in total. The molecule has 0 saturated heterocycles. The highest BCUT2D eigenvalue weighted by atomic mass is 35.5. The summed E-state index contributed by atoms with van der Waals surface area (Å²) in [6.07, 6.45) is 2.71. The minimum atomic E-state index is -0.0603. The molecule has 29 heavy (non-hydrogen) atoms. The predicted octanol–water partition coefficient (Wildman–Crippen LogP) is 5.44. The van der Waals surface area contributed by atoms with Crippen LogP contribution < -0.4 is 15.9 Å². The van der Waals surface area contributed by atoms with Gasteiger partial charge in [-0.3, -0.25) is 0 Å². The Hall–Kier alpha value is -2.41. The summed E-state index contributed by atoms with van der Waals surface area (Å²) in [6.45, 7) is 4.29. The van der Waals surface area contributed by atoms with E-state index >= 15 is 0 Å². The van der Waals surface area contributed by atoms with Crippen LogP contribution in [0.1, 0.15) is 25.1 Å². The van der Waals surface area contributed by atoms with E-state index in [-0.39, 0.29) is 5.88 Å². The van der Waals surface area contributed by atoms with Gasteiger partial charge in [0.05, 0.1) is 31.7 Å². The Balaban J connectivity index is 1.62. The van der Waals surface area contributed by atoms with Gasteiger partial charge in [0.25, 0.3) is 0 Å². The third-order valence-electron chi connectivity index (χ3n) is 4.22. The van der Waals surface area contributed by atoms with E-state index < -0.39 is 0 Å². The van der Waals surface area contributed by atoms with Crippen LogP contribution in [0.5, 0.6) is 5.88 Å². The second kappa shape index (κ2) is 8.14. The number of fused-ring (bicyclic) bond motifs is 1. The largest absolute Gasteiger partial charge is 0.492 e. The summed E-state index contributed by atoms with van der Waals surface area (Å²) in [5, 5.41) is 16.6. The van der Waals surface area contributed by atoms with Crippen LogP contribution in [-0.2, 0) is 0 Å². The first kappa shape index (κ1) is 19.9. The van der Waals surface area contributed by atoms with Crippen molar-refractivity contribution in [3.05, 3.63) is 61.9 Å². The molecule has 0 radical (unpaired) electrons. The lowest BCUT2D eigenvalue weighted by Crippen LogP contribution is -2.07. The zero-order chi connectivity index (χ0) is 20.5. The molecule has 0 atom stereocenters. The second-order valence-corrected chi connectivity index (χ2v) is 8.90. The summed E-state index contributed by atoms with van der Waals surface area (Å²) < 4.78 is 0. The van der Waals surface area contributed by atoms with Crippen LogP contribution in [-0.4, -0.2) is 15.9 Å². The number of aromatic nitrogens is 1. The van der Waals surface area contributed by atoms with Crippen molar-refractivity contribution in [1.29, 1.82) is 0 Å². The molecule has 148 valence electrons. The average Bonchev–Trinajstić information content (AvgIpc) is 3.20. The normalized spacial score (nSPS) is 13.4. The summed E-state index contributed by atoms with van der Waals surface area (Å²) in [5.41, 5.74) is 1.40. The number of amidine groups is 1. The number of aromatic hydroxyl groups is 1. The fourth-order valence-corrected chi connectivity index (χ4v) is 4.24. The van der Waals surface area contributed by atoms with Gasteiger partial charge < -0.3 is 10.4 Å². The third kappa shape index (κ3) is 4.45. The fourth-order valence-electron chi connectivity index (χ4n) is 2.92. The maximum absolute atomic E-state index is 10.3. The van der Waals surface area contributed by atoms with Crippen molar-refractivity contribution in [1.82, 2.24) is 4.98 Å². The number of rotatable bonds is 5. The van der Waals surface area contributed by atoms with Gasteiger partial charge in [-0.2, -0.15) is 4.98 Å². The molecule has 0 unspecified atom stereocenters. The molecule has 0 amide bonds. The van der Waals surface area contributed by atoms with Crippen LogP contribution in [0.15, 0.2) is 46.4 Å². The van der Waals surface area contributed by atoms with E-state index in [1.165, 1.54) is 11.3 Å². The van der Waals surface area contributed by atoms with Gasteiger partial charge in [-0.25, -0.2) is 9.98 Å². The lowest BCUT2D eigenvalue weighted by atomic mass is 10.1. The van der Waals surface area contributed by atoms with Crippen LogP contribution in [0.25, 0.3) is 6.08 Å². The van der Waals surface area contributed by atoms with Crippen LogP contribution >= 0.6 is 34.5 Å². The molecule has 0 bridgehead atoms. The molecule has 4 rings (SSSR count). The van der Waals surface area contributed by atoms with E-state index in [2.05, 4.69) is 34.1 Å². The molecule has 2 N–H and O–H groups in total. The van der Waals surface area contributed by atoms with Crippen molar-refractivity contribution in [2.24, 2.45) is 15.9 Å². The maximum Gasteiger partial charge on any atom is 0.231 e. The zero-order valence-corrected chi connectivity index (χ0v) is 18.1. The van der Waals surface area contributed by atoms with Gasteiger partial charge in [0, 0.05) is 6.42 Å². The Labute approximate surface area is 182 Å². The van der Waals surface area contributed by atoms with E-state index in [1.807, 2.05) is 24.3 Å². The molecule has 0 saturated carbocycles. The third-order valence-corrected chi connectivity index (χ3v) is 5.75. The summed E-state index contributed by atoms with van der Waals surface area (Å²) in [7, 11) is 0. The quantitative estimate of drug-likeness (QED) is 0.550. The van der Waals surface area contributed by atoms with E-state index in [1.54, 1.807) is 18.2 Å². The molecule has 1 aliphatic rings. The molecule has 2 aromatic carbocycles. The first-order valence-corrected chi connectivity index (χ1v) is 10.6. The molecule has 1 aliphatic heterocycles. The Morgan fingerprint density at radius 1 is 1.14 bits per heavy atom. The number of nitrogens with zero attached hydrogens (tertiary/aromatic N) is 3. The minimum Gasteiger partial charge on any atom is -0.492 e. The average molecular weight is 445 g/mol. The number of anilines is 2. The Morgan fingerprint density at radius 3 is 2.62 bits per heavy atom. The summed E-state index contributed by atoms with van der Waals surface area (Å²) in [6, 6.07) is 11.1. The molecular formula is C21H18Cl2N4OS. The molecule has 1 aromatic heterocycles. The number of aliphatic imine (C=N–C) groups is 1. The summed E-state index contributed by atoms with van der Waals surface area (Å²) in [4.78, 5) is 14.0. The highest BCUT2D eigenvalue weighted by Gasteiger charge is 2.13. The lowest BCUT2D eigenvalue weighted by molar-refractivity contribution is 0.457. The highest BCUT2D eigenvalue weighted by Crippen LogP contribution is 2.36. The topological polar surface area (TPSA) is 69.9 Å². The van der Waals surface area contributed by atoms with Gasteiger partial charge in [-0.1, -0.05) is 60.5 Å². The van der Waals surface area contributed by atoms with E-state index in [9.17, 15) is 5.11 Å². The van der Waals surface area contributed by atoms with Crippen LogP contribution in [0.3, 0.4) is 0 Å². The number of halogens is 2. The number of benzene rings is 2. The summed E-state index contributed by atoms with van der Waals surface area (Å²) in [5.74, 6) is 1.30. The van der Waals surface area contributed by atoms with E-state index in [0.717, 1.165) is 28.5 Å². The first-order valence-electron chi connectivity index (χ1n) is 9.08. The SMILES string of the molecule is CC(C)CC1=Nc2cc(=Cc3sc(Nc4c(Cl)cccc4Cl)nc3O)ccc2=N1. The van der Waals surface area contributed by atoms with Gasteiger partial charge >= 0.3 is 0 Å². The Kier molecular flexibility index (Phi) is 5.58. The maximum atomic E-state index is 10.3. The van der Waals surface area contributed by atoms with Gasteiger partial charge in [-0.05, 0) is 41.5 Å².